The summed E-state index contributed by atoms with van der Waals surface area (Å²) in [6.45, 7) is 1.95. The zero-order valence-corrected chi connectivity index (χ0v) is 11.9. The van der Waals surface area contributed by atoms with Gasteiger partial charge in [-0.25, -0.2) is 9.97 Å². The number of benzene rings is 1. The SMILES string of the molecule is Cc1ccc2[nH]c(-c3ccc(Cl)c(Br)c3)nc2n1. The summed E-state index contributed by atoms with van der Waals surface area (Å²) >= 11 is 9.39. The molecule has 0 aliphatic rings. The fourth-order valence-corrected chi connectivity index (χ4v) is 2.26. The lowest BCUT2D eigenvalue weighted by molar-refractivity contribution is 1.22. The van der Waals surface area contributed by atoms with Crippen LogP contribution in [-0.4, -0.2) is 15.0 Å². The molecule has 2 heterocycles. The molecule has 3 rings (SSSR count). The molecule has 3 aromatic rings. The molecule has 0 saturated heterocycles. The lowest BCUT2D eigenvalue weighted by atomic mass is 10.2. The quantitative estimate of drug-likeness (QED) is 0.723. The van der Waals surface area contributed by atoms with Crippen LogP contribution >= 0.6 is 27.5 Å². The summed E-state index contributed by atoms with van der Waals surface area (Å²) in [5, 5.41) is 0.684. The van der Waals surface area contributed by atoms with Crippen LogP contribution in [0.3, 0.4) is 0 Å². The number of aromatic amines is 1. The molecule has 0 aliphatic heterocycles. The van der Waals surface area contributed by atoms with E-state index in [0.717, 1.165) is 32.7 Å². The van der Waals surface area contributed by atoms with Gasteiger partial charge in [-0.2, -0.15) is 0 Å². The highest BCUT2D eigenvalue weighted by molar-refractivity contribution is 9.10. The van der Waals surface area contributed by atoms with Crippen molar-refractivity contribution in [1.82, 2.24) is 15.0 Å². The second-order valence-corrected chi connectivity index (χ2v) is 5.30. The van der Waals surface area contributed by atoms with Gasteiger partial charge in [0.1, 0.15) is 5.82 Å². The van der Waals surface area contributed by atoms with Crippen molar-refractivity contribution in [2.45, 2.75) is 6.92 Å². The molecule has 0 saturated carbocycles. The number of rotatable bonds is 1. The largest absolute Gasteiger partial charge is 0.337 e. The summed E-state index contributed by atoms with van der Waals surface area (Å²) in [4.78, 5) is 12.1. The molecule has 5 heteroatoms. The molecular weight excluding hydrogens is 314 g/mol. The standard InChI is InChI=1S/C13H9BrClN3/c1-7-2-5-11-13(16-7)18-12(17-11)8-3-4-10(15)9(14)6-8/h2-6H,1H3,(H,16,17,18). The first-order chi connectivity index (χ1) is 8.63. The fraction of sp³-hybridized carbons (Fsp3) is 0.0769. The van der Waals surface area contributed by atoms with Gasteiger partial charge in [-0.05, 0) is 53.2 Å². The topological polar surface area (TPSA) is 41.6 Å². The molecule has 0 fully saturated rings. The number of fused-ring (bicyclic) bond motifs is 1. The van der Waals surface area contributed by atoms with Crippen LogP contribution in [0, 0.1) is 6.92 Å². The van der Waals surface area contributed by atoms with Crippen LogP contribution in [0.4, 0.5) is 0 Å². The maximum Gasteiger partial charge on any atom is 0.178 e. The maximum absolute atomic E-state index is 5.98. The number of aromatic nitrogens is 3. The van der Waals surface area contributed by atoms with Crippen LogP contribution in [0.15, 0.2) is 34.8 Å². The van der Waals surface area contributed by atoms with Gasteiger partial charge in [0.15, 0.2) is 5.65 Å². The molecule has 0 spiro atoms. The van der Waals surface area contributed by atoms with Gasteiger partial charge in [0.05, 0.1) is 10.5 Å². The number of imidazole rings is 1. The smallest absolute Gasteiger partial charge is 0.178 e. The molecule has 90 valence electrons. The summed E-state index contributed by atoms with van der Waals surface area (Å²) < 4.78 is 0.853. The number of hydrogen-bond donors (Lipinski definition) is 1. The average Bonchev–Trinajstić information content (AvgIpc) is 2.75. The van der Waals surface area contributed by atoms with E-state index in [9.17, 15) is 0 Å². The first-order valence-corrected chi connectivity index (χ1v) is 6.59. The maximum atomic E-state index is 5.98. The molecule has 0 radical (unpaired) electrons. The van der Waals surface area contributed by atoms with Crippen molar-refractivity contribution in [1.29, 1.82) is 0 Å². The van der Waals surface area contributed by atoms with Crippen molar-refractivity contribution in [3.8, 4) is 11.4 Å². The molecule has 3 nitrogen and oxygen atoms in total. The predicted octanol–water partition coefficient (Wildman–Crippen LogP) is 4.35. The minimum atomic E-state index is 0.684. The van der Waals surface area contributed by atoms with E-state index >= 15 is 0 Å². The number of nitrogens with zero attached hydrogens (tertiary/aromatic N) is 2. The zero-order valence-electron chi connectivity index (χ0n) is 9.54. The Morgan fingerprint density at radius 2 is 2.00 bits per heavy atom. The number of aryl methyl sites for hydroxylation is 1. The monoisotopic (exact) mass is 321 g/mol. The third-order valence-corrected chi connectivity index (χ3v) is 3.89. The van der Waals surface area contributed by atoms with Crippen molar-refractivity contribution in [3.05, 3.63) is 45.5 Å². The third kappa shape index (κ3) is 2.02. The Labute approximate surface area is 117 Å². The number of H-pyrrole nitrogens is 1. The lowest BCUT2D eigenvalue weighted by Crippen LogP contribution is -1.81. The number of nitrogens with one attached hydrogen (secondary N) is 1. The normalized spacial score (nSPS) is 11.1. The molecular formula is C13H9BrClN3. The van der Waals surface area contributed by atoms with Crippen molar-refractivity contribution < 1.29 is 0 Å². The third-order valence-electron chi connectivity index (χ3n) is 2.68. The average molecular weight is 323 g/mol. The highest BCUT2D eigenvalue weighted by atomic mass is 79.9. The molecule has 0 bridgehead atoms. The zero-order chi connectivity index (χ0) is 12.7. The van der Waals surface area contributed by atoms with Gasteiger partial charge in [-0.1, -0.05) is 11.6 Å². The number of halogens is 2. The summed E-state index contributed by atoms with van der Waals surface area (Å²) in [6, 6.07) is 9.65. The Kier molecular flexibility index (Phi) is 2.84. The fourth-order valence-electron chi connectivity index (χ4n) is 1.77. The van der Waals surface area contributed by atoms with Crippen molar-refractivity contribution in [2.75, 3.05) is 0 Å². The first kappa shape index (κ1) is 11.7. The molecule has 1 aromatic carbocycles. The van der Waals surface area contributed by atoms with E-state index in [1.165, 1.54) is 0 Å². The van der Waals surface area contributed by atoms with Gasteiger partial charge in [0.25, 0.3) is 0 Å². The Balaban J connectivity index is 2.16. The molecule has 2 aromatic heterocycles. The van der Waals surface area contributed by atoms with Crippen LogP contribution in [-0.2, 0) is 0 Å². The van der Waals surface area contributed by atoms with Gasteiger partial charge in [0, 0.05) is 15.7 Å². The van der Waals surface area contributed by atoms with Crippen LogP contribution in [0.25, 0.3) is 22.6 Å². The second-order valence-electron chi connectivity index (χ2n) is 4.04. The van der Waals surface area contributed by atoms with E-state index in [0.29, 0.717) is 5.02 Å². The molecule has 1 N–H and O–H groups in total. The van der Waals surface area contributed by atoms with E-state index in [4.69, 9.17) is 11.6 Å². The second kappa shape index (κ2) is 4.37. The Bertz CT molecular complexity index is 736. The predicted molar refractivity (Wildman–Crippen MR) is 76.8 cm³/mol. The van der Waals surface area contributed by atoms with Gasteiger partial charge in [0.2, 0.25) is 0 Å². The highest BCUT2D eigenvalue weighted by Crippen LogP contribution is 2.28. The Hall–Kier alpha value is -1.39. The van der Waals surface area contributed by atoms with Crippen LogP contribution in [0.2, 0.25) is 5.02 Å². The Morgan fingerprint density at radius 3 is 2.78 bits per heavy atom. The van der Waals surface area contributed by atoms with Gasteiger partial charge < -0.3 is 4.98 Å². The summed E-state index contributed by atoms with van der Waals surface area (Å²) in [5.41, 5.74) is 3.59. The van der Waals surface area contributed by atoms with Crippen LogP contribution in [0.1, 0.15) is 5.69 Å². The Morgan fingerprint density at radius 1 is 1.17 bits per heavy atom. The molecule has 0 unspecified atom stereocenters. The highest BCUT2D eigenvalue weighted by Gasteiger charge is 2.07. The molecule has 0 aliphatic carbocycles. The van der Waals surface area contributed by atoms with E-state index in [1.807, 2.05) is 37.3 Å². The molecule has 0 atom stereocenters. The van der Waals surface area contributed by atoms with E-state index in [2.05, 4.69) is 30.9 Å². The van der Waals surface area contributed by atoms with Gasteiger partial charge in [-0.15, -0.1) is 0 Å². The van der Waals surface area contributed by atoms with Crippen LogP contribution < -0.4 is 0 Å². The molecule has 0 amide bonds. The minimum Gasteiger partial charge on any atom is -0.337 e. The van der Waals surface area contributed by atoms with E-state index in [1.54, 1.807) is 0 Å². The molecule has 18 heavy (non-hydrogen) atoms. The lowest BCUT2D eigenvalue weighted by Gasteiger charge is -1.99. The summed E-state index contributed by atoms with van der Waals surface area (Å²) in [5.74, 6) is 0.792. The van der Waals surface area contributed by atoms with E-state index < -0.39 is 0 Å². The first-order valence-electron chi connectivity index (χ1n) is 5.42. The van der Waals surface area contributed by atoms with Gasteiger partial charge in [-0.3, -0.25) is 0 Å². The summed E-state index contributed by atoms with van der Waals surface area (Å²) in [7, 11) is 0. The number of pyridine rings is 1. The summed E-state index contributed by atoms with van der Waals surface area (Å²) in [6.07, 6.45) is 0. The van der Waals surface area contributed by atoms with E-state index in [-0.39, 0.29) is 0 Å². The van der Waals surface area contributed by atoms with Crippen molar-refractivity contribution in [2.24, 2.45) is 0 Å². The van der Waals surface area contributed by atoms with Crippen molar-refractivity contribution >= 4 is 38.7 Å². The van der Waals surface area contributed by atoms with Crippen LogP contribution in [0.5, 0.6) is 0 Å². The van der Waals surface area contributed by atoms with Gasteiger partial charge >= 0.3 is 0 Å². The number of hydrogen-bond acceptors (Lipinski definition) is 2. The minimum absolute atomic E-state index is 0.684. The van der Waals surface area contributed by atoms with Crippen molar-refractivity contribution in [3.63, 3.8) is 0 Å².